The molecule has 0 radical (unpaired) electrons. The minimum atomic E-state index is -0.552. The molecule has 0 atom stereocenters. The summed E-state index contributed by atoms with van der Waals surface area (Å²) in [6, 6.07) is 3.90. The summed E-state index contributed by atoms with van der Waals surface area (Å²) in [4.78, 5) is 21.9. The van der Waals surface area contributed by atoms with Crippen LogP contribution in [-0.2, 0) is 0 Å². The Morgan fingerprint density at radius 1 is 1.42 bits per heavy atom. The van der Waals surface area contributed by atoms with Gasteiger partial charge in [0.05, 0.1) is 17.6 Å². The third-order valence-electron chi connectivity index (χ3n) is 2.30. The number of carbonyl (C=O) groups excluding carboxylic acids is 1. The highest BCUT2D eigenvalue weighted by Crippen LogP contribution is 2.23. The van der Waals surface area contributed by atoms with Gasteiger partial charge in [-0.1, -0.05) is 0 Å². The standard InChI is InChI=1S/C11H15N3O4.ClH/c1-12-5-6-13-11(15)9-7-8(14(16)17)3-4-10(9)18-2;/h3-4,7,12H,5-6H2,1-2H3,(H,13,15);1H. The van der Waals surface area contributed by atoms with Crippen molar-refractivity contribution < 1.29 is 14.5 Å². The summed E-state index contributed by atoms with van der Waals surface area (Å²) in [5.41, 5.74) is 0.0115. The van der Waals surface area contributed by atoms with Crippen LogP contribution in [0.3, 0.4) is 0 Å². The SMILES string of the molecule is CNCCNC(=O)c1cc([N+](=O)[O-])ccc1OC.Cl. The van der Waals surface area contributed by atoms with Gasteiger partial charge in [-0.3, -0.25) is 14.9 Å². The van der Waals surface area contributed by atoms with Gasteiger partial charge in [0.15, 0.2) is 0 Å². The first kappa shape index (κ1) is 17.1. The average Bonchev–Trinajstić information content (AvgIpc) is 2.38. The highest BCUT2D eigenvalue weighted by atomic mass is 35.5. The summed E-state index contributed by atoms with van der Waals surface area (Å²) in [7, 11) is 3.17. The summed E-state index contributed by atoms with van der Waals surface area (Å²) < 4.78 is 5.01. The van der Waals surface area contributed by atoms with Crippen molar-refractivity contribution in [2.24, 2.45) is 0 Å². The molecule has 0 bridgehead atoms. The van der Waals surface area contributed by atoms with Crippen LogP contribution >= 0.6 is 12.4 Å². The predicted molar refractivity (Wildman–Crippen MR) is 73.2 cm³/mol. The number of nitro groups is 1. The van der Waals surface area contributed by atoms with Gasteiger partial charge in [0.2, 0.25) is 0 Å². The monoisotopic (exact) mass is 289 g/mol. The third-order valence-corrected chi connectivity index (χ3v) is 2.30. The molecule has 1 amide bonds. The molecular formula is C11H16ClN3O4. The Bertz CT molecular complexity index is 454. The van der Waals surface area contributed by atoms with E-state index in [-0.39, 0.29) is 23.7 Å². The number of hydrogen-bond acceptors (Lipinski definition) is 5. The summed E-state index contributed by atoms with van der Waals surface area (Å²) in [5.74, 6) is -0.0895. The Morgan fingerprint density at radius 2 is 2.11 bits per heavy atom. The second-order valence-corrected chi connectivity index (χ2v) is 3.50. The number of rotatable bonds is 6. The fourth-order valence-electron chi connectivity index (χ4n) is 1.38. The minimum Gasteiger partial charge on any atom is -0.496 e. The molecule has 0 aliphatic heterocycles. The van der Waals surface area contributed by atoms with E-state index in [9.17, 15) is 14.9 Å². The van der Waals surface area contributed by atoms with Gasteiger partial charge in [-0.25, -0.2) is 0 Å². The molecule has 1 aromatic carbocycles. The number of methoxy groups -OCH3 is 1. The maximum atomic E-state index is 11.8. The molecule has 0 saturated carbocycles. The van der Waals surface area contributed by atoms with Crippen LogP contribution in [-0.4, -0.2) is 38.1 Å². The van der Waals surface area contributed by atoms with E-state index in [1.807, 2.05) is 0 Å². The molecule has 0 fully saturated rings. The van der Waals surface area contributed by atoms with E-state index in [1.54, 1.807) is 7.05 Å². The molecule has 1 aromatic rings. The maximum Gasteiger partial charge on any atom is 0.270 e. The fourth-order valence-corrected chi connectivity index (χ4v) is 1.38. The van der Waals surface area contributed by atoms with Crippen molar-refractivity contribution in [2.45, 2.75) is 0 Å². The highest BCUT2D eigenvalue weighted by molar-refractivity contribution is 5.97. The number of nitrogens with zero attached hydrogens (tertiary/aromatic N) is 1. The van der Waals surface area contributed by atoms with Gasteiger partial charge in [0, 0.05) is 25.2 Å². The van der Waals surface area contributed by atoms with Crippen molar-refractivity contribution in [3.63, 3.8) is 0 Å². The molecule has 0 unspecified atom stereocenters. The molecular weight excluding hydrogens is 274 g/mol. The van der Waals surface area contributed by atoms with E-state index < -0.39 is 10.8 Å². The fraction of sp³-hybridized carbons (Fsp3) is 0.364. The molecule has 1 rings (SSSR count). The topological polar surface area (TPSA) is 93.5 Å². The van der Waals surface area contributed by atoms with E-state index in [2.05, 4.69) is 10.6 Å². The van der Waals surface area contributed by atoms with Crippen LogP contribution in [0.25, 0.3) is 0 Å². The van der Waals surface area contributed by atoms with Gasteiger partial charge in [0.1, 0.15) is 5.75 Å². The Balaban J connectivity index is 0.00000324. The number of nitro benzene ring substituents is 1. The first-order valence-electron chi connectivity index (χ1n) is 5.35. The molecule has 7 nitrogen and oxygen atoms in total. The van der Waals surface area contributed by atoms with Crippen LogP contribution in [0, 0.1) is 10.1 Å². The molecule has 0 saturated heterocycles. The first-order valence-corrected chi connectivity index (χ1v) is 5.35. The summed E-state index contributed by atoms with van der Waals surface area (Å²) in [6.07, 6.45) is 0. The largest absolute Gasteiger partial charge is 0.496 e. The van der Waals surface area contributed by atoms with Gasteiger partial charge >= 0.3 is 0 Å². The zero-order chi connectivity index (χ0) is 13.5. The van der Waals surface area contributed by atoms with Crippen molar-refractivity contribution in [3.8, 4) is 5.75 Å². The number of halogens is 1. The van der Waals surface area contributed by atoms with E-state index >= 15 is 0 Å². The maximum absolute atomic E-state index is 11.8. The second-order valence-electron chi connectivity index (χ2n) is 3.50. The van der Waals surface area contributed by atoms with Gasteiger partial charge in [-0.2, -0.15) is 0 Å². The van der Waals surface area contributed by atoms with Crippen molar-refractivity contribution in [2.75, 3.05) is 27.2 Å². The Labute approximate surface area is 116 Å². The molecule has 0 spiro atoms. The second kappa shape index (κ2) is 8.28. The molecule has 106 valence electrons. The van der Waals surface area contributed by atoms with E-state index in [0.29, 0.717) is 18.8 Å². The molecule has 19 heavy (non-hydrogen) atoms. The van der Waals surface area contributed by atoms with Crippen LogP contribution in [0.1, 0.15) is 10.4 Å². The predicted octanol–water partition coefficient (Wildman–Crippen LogP) is 0.974. The number of benzene rings is 1. The number of non-ortho nitro benzene ring substituents is 1. The summed E-state index contributed by atoms with van der Waals surface area (Å²) in [6.45, 7) is 1.05. The first-order chi connectivity index (χ1) is 8.60. The Morgan fingerprint density at radius 3 is 2.63 bits per heavy atom. The van der Waals surface area contributed by atoms with Crippen molar-refractivity contribution in [3.05, 3.63) is 33.9 Å². The molecule has 0 aliphatic rings. The van der Waals surface area contributed by atoms with Crippen LogP contribution in [0.4, 0.5) is 5.69 Å². The highest BCUT2D eigenvalue weighted by Gasteiger charge is 2.16. The van der Waals surface area contributed by atoms with Gasteiger partial charge < -0.3 is 15.4 Å². The Hall–Kier alpha value is -1.86. The molecule has 0 aromatic heterocycles. The van der Waals surface area contributed by atoms with E-state index in [0.717, 1.165) is 0 Å². The molecule has 8 heteroatoms. The van der Waals surface area contributed by atoms with Crippen molar-refractivity contribution in [1.29, 1.82) is 0 Å². The van der Waals surface area contributed by atoms with Crippen molar-refractivity contribution >= 4 is 24.0 Å². The van der Waals surface area contributed by atoms with Gasteiger partial charge in [0.25, 0.3) is 11.6 Å². The quantitative estimate of drug-likeness (QED) is 0.462. The molecule has 0 heterocycles. The van der Waals surface area contributed by atoms with Crippen LogP contribution < -0.4 is 15.4 Å². The third kappa shape index (κ3) is 4.72. The number of likely N-dealkylation sites (N-methyl/N-ethyl adjacent to an activating group) is 1. The smallest absolute Gasteiger partial charge is 0.270 e. The minimum absolute atomic E-state index is 0. The van der Waals surface area contributed by atoms with Crippen LogP contribution in [0.15, 0.2) is 18.2 Å². The zero-order valence-corrected chi connectivity index (χ0v) is 11.5. The molecule has 0 aliphatic carbocycles. The summed E-state index contributed by atoms with van der Waals surface area (Å²) in [5, 5.41) is 16.2. The normalized spacial score (nSPS) is 9.37. The van der Waals surface area contributed by atoms with Gasteiger partial charge in [-0.15, -0.1) is 12.4 Å². The number of nitrogens with one attached hydrogen (secondary N) is 2. The lowest BCUT2D eigenvalue weighted by Crippen LogP contribution is -2.30. The van der Waals surface area contributed by atoms with Gasteiger partial charge in [-0.05, 0) is 13.1 Å². The summed E-state index contributed by atoms with van der Waals surface area (Å²) >= 11 is 0. The lowest BCUT2D eigenvalue weighted by molar-refractivity contribution is -0.384. The number of ether oxygens (including phenoxy) is 1. The zero-order valence-electron chi connectivity index (χ0n) is 10.6. The van der Waals surface area contributed by atoms with Crippen molar-refractivity contribution in [1.82, 2.24) is 10.6 Å². The number of carbonyl (C=O) groups is 1. The number of amides is 1. The Kier molecular flexibility index (Phi) is 7.47. The number of hydrogen-bond donors (Lipinski definition) is 2. The van der Waals surface area contributed by atoms with Crippen LogP contribution in [0.5, 0.6) is 5.75 Å². The lowest BCUT2D eigenvalue weighted by atomic mass is 10.1. The van der Waals surface area contributed by atoms with Crippen LogP contribution in [0.2, 0.25) is 0 Å². The van der Waals surface area contributed by atoms with E-state index in [1.165, 1.54) is 25.3 Å². The lowest BCUT2D eigenvalue weighted by Gasteiger charge is -2.08. The van der Waals surface area contributed by atoms with E-state index in [4.69, 9.17) is 4.74 Å². The average molecular weight is 290 g/mol. The molecule has 2 N–H and O–H groups in total.